The second-order valence-electron chi connectivity index (χ2n) is 4.84. The highest BCUT2D eigenvalue weighted by molar-refractivity contribution is 7.91. The molecule has 0 saturated carbocycles. The maximum absolute atomic E-state index is 12.3. The van der Waals surface area contributed by atoms with Crippen molar-refractivity contribution >= 4 is 27.7 Å². The number of rotatable bonds is 6. The van der Waals surface area contributed by atoms with E-state index in [1.54, 1.807) is 6.92 Å². The number of primary amides is 1. The van der Waals surface area contributed by atoms with E-state index in [0.717, 1.165) is 9.80 Å². The number of nitrogens with zero attached hydrogens (tertiary/aromatic N) is 2. The average molecular weight is 321 g/mol. The summed E-state index contributed by atoms with van der Waals surface area (Å²) in [6, 6.07) is -1.39. The number of sulfone groups is 1. The van der Waals surface area contributed by atoms with Crippen LogP contribution < -0.4 is 5.73 Å². The molecular formula is C11H19N3O6S. The third-order valence-corrected chi connectivity index (χ3v) is 4.95. The van der Waals surface area contributed by atoms with Crippen LogP contribution in [0.2, 0.25) is 0 Å². The van der Waals surface area contributed by atoms with Gasteiger partial charge >= 0.3 is 12.0 Å². The number of nitrogens with two attached hydrogens (primary N) is 1. The summed E-state index contributed by atoms with van der Waals surface area (Å²) in [6.45, 7) is 0.821. The lowest BCUT2D eigenvalue weighted by atomic mass is 10.2. The minimum Gasteiger partial charge on any atom is -0.480 e. The van der Waals surface area contributed by atoms with Crippen LogP contribution in [0, 0.1) is 0 Å². The van der Waals surface area contributed by atoms with Gasteiger partial charge in [-0.15, -0.1) is 0 Å². The van der Waals surface area contributed by atoms with Gasteiger partial charge < -0.3 is 20.6 Å². The molecule has 0 bridgehead atoms. The lowest BCUT2D eigenvalue weighted by Crippen LogP contribution is -2.52. The Kier molecular flexibility index (Phi) is 5.53. The Morgan fingerprint density at radius 3 is 2.29 bits per heavy atom. The first kappa shape index (κ1) is 17.2. The molecule has 0 aromatic rings. The van der Waals surface area contributed by atoms with Crippen LogP contribution in [-0.4, -0.2) is 78.4 Å². The van der Waals surface area contributed by atoms with Gasteiger partial charge in [0.05, 0.1) is 11.5 Å². The molecule has 0 aliphatic carbocycles. The van der Waals surface area contributed by atoms with Gasteiger partial charge in [-0.3, -0.25) is 9.59 Å². The monoisotopic (exact) mass is 321 g/mol. The first-order valence-electron chi connectivity index (χ1n) is 6.42. The van der Waals surface area contributed by atoms with Crippen LogP contribution in [0.4, 0.5) is 4.79 Å². The molecule has 1 atom stereocenters. The Balaban J connectivity index is 2.93. The molecule has 0 spiro atoms. The van der Waals surface area contributed by atoms with Crippen molar-refractivity contribution < 1.29 is 27.9 Å². The summed E-state index contributed by atoms with van der Waals surface area (Å²) >= 11 is 0. The summed E-state index contributed by atoms with van der Waals surface area (Å²) in [6.07, 6.45) is 0.190. The zero-order chi connectivity index (χ0) is 16.2. The summed E-state index contributed by atoms with van der Waals surface area (Å²) in [5, 5.41) is 8.91. The van der Waals surface area contributed by atoms with E-state index in [-0.39, 0.29) is 31.0 Å². The molecule has 1 unspecified atom stereocenters. The molecule has 21 heavy (non-hydrogen) atoms. The Hall–Kier alpha value is -1.84. The van der Waals surface area contributed by atoms with E-state index in [1.165, 1.54) is 0 Å². The predicted octanol–water partition coefficient (Wildman–Crippen LogP) is -1.51. The van der Waals surface area contributed by atoms with E-state index < -0.39 is 40.3 Å². The highest BCUT2D eigenvalue weighted by atomic mass is 32.2. The van der Waals surface area contributed by atoms with Gasteiger partial charge in [-0.1, -0.05) is 0 Å². The summed E-state index contributed by atoms with van der Waals surface area (Å²) < 4.78 is 23.0. The van der Waals surface area contributed by atoms with Gasteiger partial charge in [-0.25, -0.2) is 13.2 Å². The van der Waals surface area contributed by atoms with Crippen LogP contribution in [0.3, 0.4) is 0 Å². The SMILES string of the molecule is CCN(CC(N)=O)C(=O)N(CC(=O)O)C1CCS(=O)(=O)C1. The Morgan fingerprint density at radius 2 is 1.90 bits per heavy atom. The number of hydrogen-bond acceptors (Lipinski definition) is 5. The molecular weight excluding hydrogens is 302 g/mol. The standard InChI is InChI=1S/C11H19N3O6S/c1-2-13(5-9(12)15)11(18)14(6-10(16)17)8-3-4-21(19,20)7-8/h8H,2-7H2,1H3,(H2,12,15)(H,16,17). The number of carboxylic acids is 1. The smallest absolute Gasteiger partial charge is 0.323 e. The average Bonchev–Trinajstić information content (AvgIpc) is 2.72. The number of hydrogen-bond donors (Lipinski definition) is 2. The van der Waals surface area contributed by atoms with Gasteiger partial charge in [0.15, 0.2) is 9.84 Å². The molecule has 120 valence electrons. The van der Waals surface area contributed by atoms with Crippen LogP contribution in [0.15, 0.2) is 0 Å². The zero-order valence-corrected chi connectivity index (χ0v) is 12.5. The molecule has 3 N–H and O–H groups in total. The molecule has 1 rings (SSSR count). The maximum Gasteiger partial charge on any atom is 0.323 e. The lowest BCUT2D eigenvalue weighted by Gasteiger charge is -2.32. The maximum atomic E-state index is 12.3. The van der Waals surface area contributed by atoms with Gasteiger partial charge in [0.2, 0.25) is 5.91 Å². The highest BCUT2D eigenvalue weighted by Crippen LogP contribution is 2.19. The molecule has 9 nitrogen and oxygen atoms in total. The number of aliphatic carboxylic acids is 1. The van der Waals surface area contributed by atoms with Crippen molar-refractivity contribution in [2.75, 3.05) is 31.1 Å². The quantitative estimate of drug-likeness (QED) is 0.609. The Labute approximate surface area is 122 Å². The number of likely N-dealkylation sites (N-methyl/N-ethyl adjacent to an activating group) is 1. The summed E-state index contributed by atoms with van der Waals surface area (Å²) in [7, 11) is -3.26. The minimum atomic E-state index is -3.26. The van der Waals surface area contributed by atoms with Gasteiger partial charge in [0.1, 0.15) is 13.1 Å². The van der Waals surface area contributed by atoms with Crippen LogP contribution in [-0.2, 0) is 19.4 Å². The van der Waals surface area contributed by atoms with E-state index in [1.807, 2.05) is 0 Å². The van der Waals surface area contributed by atoms with Crippen molar-refractivity contribution in [2.45, 2.75) is 19.4 Å². The van der Waals surface area contributed by atoms with Crippen molar-refractivity contribution in [1.82, 2.24) is 9.80 Å². The summed E-state index contributed by atoms with van der Waals surface area (Å²) in [4.78, 5) is 36.3. The fourth-order valence-corrected chi connectivity index (χ4v) is 3.93. The van der Waals surface area contributed by atoms with Crippen molar-refractivity contribution in [3.63, 3.8) is 0 Å². The molecule has 0 aromatic carbocycles. The van der Waals surface area contributed by atoms with E-state index in [2.05, 4.69) is 0 Å². The zero-order valence-electron chi connectivity index (χ0n) is 11.7. The molecule has 3 amide bonds. The minimum absolute atomic E-state index is 0.0803. The van der Waals surface area contributed by atoms with Gasteiger partial charge in [-0.2, -0.15) is 0 Å². The van der Waals surface area contributed by atoms with Crippen LogP contribution in [0.1, 0.15) is 13.3 Å². The number of carbonyl (C=O) groups is 3. The molecule has 10 heteroatoms. The predicted molar refractivity (Wildman–Crippen MR) is 73.2 cm³/mol. The van der Waals surface area contributed by atoms with Crippen molar-refractivity contribution in [3.05, 3.63) is 0 Å². The third-order valence-electron chi connectivity index (χ3n) is 3.20. The van der Waals surface area contributed by atoms with Crippen molar-refractivity contribution in [3.8, 4) is 0 Å². The van der Waals surface area contributed by atoms with Gasteiger partial charge in [0, 0.05) is 12.6 Å². The van der Waals surface area contributed by atoms with E-state index in [9.17, 15) is 22.8 Å². The fourth-order valence-electron chi connectivity index (χ4n) is 2.20. The first-order valence-corrected chi connectivity index (χ1v) is 8.24. The highest BCUT2D eigenvalue weighted by Gasteiger charge is 2.37. The molecule has 1 saturated heterocycles. The Bertz CT molecular complexity index is 532. The fraction of sp³-hybridized carbons (Fsp3) is 0.727. The number of amides is 3. The number of carboxylic acid groups (broad SMARTS) is 1. The number of carbonyl (C=O) groups excluding carboxylic acids is 2. The second-order valence-corrected chi connectivity index (χ2v) is 7.07. The molecule has 1 fully saturated rings. The van der Waals surface area contributed by atoms with Crippen LogP contribution in [0.5, 0.6) is 0 Å². The molecule has 1 aliphatic rings. The lowest BCUT2D eigenvalue weighted by molar-refractivity contribution is -0.138. The van der Waals surface area contributed by atoms with Crippen molar-refractivity contribution in [1.29, 1.82) is 0 Å². The Morgan fingerprint density at radius 1 is 1.29 bits per heavy atom. The normalized spacial score (nSPS) is 20.0. The molecule has 0 aromatic heterocycles. The summed E-state index contributed by atoms with van der Waals surface area (Å²) in [5.41, 5.74) is 5.04. The van der Waals surface area contributed by atoms with Crippen LogP contribution in [0.25, 0.3) is 0 Å². The van der Waals surface area contributed by atoms with E-state index >= 15 is 0 Å². The van der Waals surface area contributed by atoms with Gasteiger partial charge in [-0.05, 0) is 13.3 Å². The third kappa shape index (κ3) is 4.88. The van der Waals surface area contributed by atoms with E-state index in [0.29, 0.717) is 0 Å². The largest absolute Gasteiger partial charge is 0.480 e. The molecule has 1 heterocycles. The van der Waals surface area contributed by atoms with Gasteiger partial charge in [0.25, 0.3) is 0 Å². The van der Waals surface area contributed by atoms with Crippen molar-refractivity contribution in [2.24, 2.45) is 5.73 Å². The summed E-state index contributed by atoms with van der Waals surface area (Å²) in [5.74, 6) is -2.31. The molecule has 0 radical (unpaired) electrons. The topological polar surface area (TPSA) is 138 Å². The van der Waals surface area contributed by atoms with Crippen LogP contribution >= 0.6 is 0 Å². The second kappa shape index (κ2) is 6.74. The van der Waals surface area contributed by atoms with E-state index in [4.69, 9.17) is 10.8 Å². The number of urea groups is 1. The molecule has 1 aliphatic heterocycles. The first-order chi connectivity index (χ1) is 9.66.